The van der Waals surface area contributed by atoms with Crippen molar-refractivity contribution in [2.75, 3.05) is 20.6 Å². The van der Waals surface area contributed by atoms with Gasteiger partial charge in [0.2, 0.25) is 0 Å². The summed E-state index contributed by atoms with van der Waals surface area (Å²) in [6, 6.07) is 13.9. The molecule has 30 heavy (non-hydrogen) atoms. The van der Waals surface area contributed by atoms with Crippen molar-refractivity contribution in [1.29, 1.82) is 0 Å². The lowest BCUT2D eigenvalue weighted by molar-refractivity contribution is -0.0498. The number of carbonyl (C=O) groups excluding carboxylic acids is 1. The fourth-order valence-corrected chi connectivity index (χ4v) is 2.78. The number of hydrogen-bond donors (Lipinski definition) is 2. The van der Waals surface area contributed by atoms with E-state index < -0.39 is 6.61 Å². The molecule has 6 nitrogen and oxygen atoms in total. The Balaban J connectivity index is 0.00000450. The van der Waals surface area contributed by atoms with Crippen molar-refractivity contribution >= 4 is 35.8 Å². The van der Waals surface area contributed by atoms with Crippen LogP contribution in [0.15, 0.2) is 53.5 Å². The van der Waals surface area contributed by atoms with Crippen molar-refractivity contribution in [3.63, 3.8) is 0 Å². The molecule has 0 saturated carbocycles. The summed E-state index contributed by atoms with van der Waals surface area (Å²) >= 11 is 0. The molecule has 0 bridgehead atoms. The summed E-state index contributed by atoms with van der Waals surface area (Å²) in [6.07, 6.45) is 0. The SMILES string of the molecule is CCNC(=O)c1cccc(CNC(=NC)N(C)Cc2ccc(OC(F)F)cc2)c1.I. The zero-order valence-electron chi connectivity index (χ0n) is 17.2. The Kier molecular flexibility index (Phi) is 11.1. The Bertz CT molecular complexity index is 832. The van der Waals surface area contributed by atoms with Crippen molar-refractivity contribution in [3.8, 4) is 5.75 Å². The van der Waals surface area contributed by atoms with Gasteiger partial charge >= 0.3 is 6.61 Å². The predicted molar refractivity (Wildman–Crippen MR) is 125 cm³/mol. The monoisotopic (exact) mass is 532 g/mol. The van der Waals surface area contributed by atoms with Crippen LogP contribution in [0.25, 0.3) is 0 Å². The average Bonchev–Trinajstić information content (AvgIpc) is 2.70. The number of amides is 1. The molecule has 0 fully saturated rings. The Morgan fingerprint density at radius 1 is 1.13 bits per heavy atom. The molecular weight excluding hydrogens is 505 g/mol. The molecule has 2 rings (SSSR count). The normalized spacial score (nSPS) is 10.9. The molecule has 1 amide bonds. The molecule has 0 aromatic heterocycles. The minimum atomic E-state index is -2.84. The van der Waals surface area contributed by atoms with Crippen molar-refractivity contribution < 1.29 is 18.3 Å². The molecule has 2 N–H and O–H groups in total. The van der Waals surface area contributed by atoms with Crippen molar-refractivity contribution in [1.82, 2.24) is 15.5 Å². The second-order valence-corrected chi connectivity index (χ2v) is 6.34. The summed E-state index contributed by atoms with van der Waals surface area (Å²) in [5, 5.41) is 6.04. The Labute approximate surface area is 192 Å². The fraction of sp³-hybridized carbons (Fsp3) is 0.333. The predicted octanol–water partition coefficient (Wildman–Crippen LogP) is 3.86. The van der Waals surface area contributed by atoms with Gasteiger partial charge in [0.05, 0.1) is 0 Å². The molecule has 0 radical (unpaired) electrons. The highest BCUT2D eigenvalue weighted by Crippen LogP contribution is 2.16. The van der Waals surface area contributed by atoms with Crippen molar-refractivity contribution in [3.05, 3.63) is 65.2 Å². The molecule has 2 aromatic carbocycles. The third kappa shape index (κ3) is 8.13. The van der Waals surface area contributed by atoms with Gasteiger partial charge in [-0.3, -0.25) is 9.79 Å². The first-order valence-electron chi connectivity index (χ1n) is 9.25. The van der Waals surface area contributed by atoms with Crippen LogP contribution in [0.2, 0.25) is 0 Å². The second-order valence-electron chi connectivity index (χ2n) is 6.34. The largest absolute Gasteiger partial charge is 0.435 e. The van der Waals surface area contributed by atoms with E-state index in [1.165, 1.54) is 12.1 Å². The van der Waals surface area contributed by atoms with Gasteiger partial charge in [0.15, 0.2) is 5.96 Å². The number of alkyl halides is 2. The van der Waals surface area contributed by atoms with E-state index in [9.17, 15) is 13.6 Å². The molecule has 0 heterocycles. The van der Waals surface area contributed by atoms with Gasteiger partial charge in [-0.15, -0.1) is 24.0 Å². The molecule has 2 aromatic rings. The van der Waals surface area contributed by atoms with Crippen LogP contribution < -0.4 is 15.4 Å². The molecule has 9 heteroatoms. The van der Waals surface area contributed by atoms with E-state index >= 15 is 0 Å². The number of nitrogens with zero attached hydrogens (tertiary/aromatic N) is 2. The molecule has 0 atom stereocenters. The van der Waals surface area contributed by atoms with Gasteiger partial charge in [-0.2, -0.15) is 8.78 Å². The number of ether oxygens (including phenoxy) is 1. The van der Waals surface area contributed by atoms with Gasteiger partial charge in [-0.25, -0.2) is 0 Å². The maximum Gasteiger partial charge on any atom is 0.387 e. The molecular formula is C21H27F2IN4O2. The lowest BCUT2D eigenvalue weighted by atomic mass is 10.1. The summed E-state index contributed by atoms with van der Waals surface area (Å²) < 4.78 is 28.8. The molecule has 0 aliphatic heterocycles. The first-order valence-corrected chi connectivity index (χ1v) is 9.25. The molecule has 0 saturated heterocycles. The van der Waals surface area contributed by atoms with E-state index in [-0.39, 0.29) is 35.6 Å². The smallest absolute Gasteiger partial charge is 0.387 e. The molecule has 0 unspecified atom stereocenters. The second kappa shape index (κ2) is 13.0. The van der Waals surface area contributed by atoms with Crippen LogP contribution in [0, 0.1) is 0 Å². The number of benzene rings is 2. The number of nitrogens with one attached hydrogen (secondary N) is 2. The van der Waals surface area contributed by atoms with Gasteiger partial charge < -0.3 is 20.3 Å². The lowest BCUT2D eigenvalue weighted by Crippen LogP contribution is -2.38. The first-order chi connectivity index (χ1) is 13.9. The van der Waals surface area contributed by atoms with Crippen LogP contribution in [0.4, 0.5) is 8.78 Å². The van der Waals surface area contributed by atoms with Gasteiger partial charge in [-0.05, 0) is 42.3 Å². The number of carbonyl (C=O) groups is 1. The van der Waals surface area contributed by atoms with E-state index in [0.29, 0.717) is 31.2 Å². The highest BCUT2D eigenvalue weighted by atomic mass is 127. The zero-order valence-corrected chi connectivity index (χ0v) is 19.5. The van der Waals surface area contributed by atoms with Crippen molar-refractivity contribution in [2.24, 2.45) is 4.99 Å². The standard InChI is InChI=1S/C21H26F2N4O2.HI/c1-4-25-19(28)17-7-5-6-16(12-17)13-26-21(24-2)27(3)14-15-8-10-18(11-9-15)29-20(22)23;/h5-12,20H,4,13-14H2,1-3H3,(H,24,26)(H,25,28);1H. The summed E-state index contributed by atoms with van der Waals surface area (Å²) in [4.78, 5) is 18.2. The Morgan fingerprint density at radius 2 is 1.83 bits per heavy atom. The van der Waals surface area contributed by atoms with Crippen LogP contribution in [-0.2, 0) is 13.1 Å². The summed E-state index contributed by atoms with van der Waals surface area (Å²) in [7, 11) is 3.56. The Morgan fingerprint density at radius 3 is 2.43 bits per heavy atom. The number of aliphatic imine (C=N–C) groups is 1. The maximum absolute atomic E-state index is 12.2. The topological polar surface area (TPSA) is 66.0 Å². The minimum Gasteiger partial charge on any atom is -0.435 e. The fourth-order valence-electron chi connectivity index (χ4n) is 2.78. The third-order valence-corrected chi connectivity index (χ3v) is 4.12. The van der Waals surface area contributed by atoms with E-state index in [4.69, 9.17) is 0 Å². The quantitative estimate of drug-likeness (QED) is 0.308. The van der Waals surface area contributed by atoms with Crippen LogP contribution in [-0.4, -0.2) is 44.0 Å². The highest BCUT2D eigenvalue weighted by molar-refractivity contribution is 14.0. The molecule has 164 valence electrons. The Hall–Kier alpha value is -2.43. The van der Waals surface area contributed by atoms with E-state index in [1.54, 1.807) is 25.2 Å². The van der Waals surface area contributed by atoms with Crippen LogP contribution in [0.1, 0.15) is 28.4 Å². The molecule has 0 aliphatic carbocycles. The average molecular weight is 532 g/mol. The maximum atomic E-state index is 12.2. The van der Waals surface area contributed by atoms with Crippen LogP contribution in [0.5, 0.6) is 5.75 Å². The lowest BCUT2D eigenvalue weighted by Gasteiger charge is -2.22. The van der Waals surface area contributed by atoms with Crippen molar-refractivity contribution in [2.45, 2.75) is 26.6 Å². The van der Waals surface area contributed by atoms with E-state index in [2.05, 4.69) is 20.4 Å². The summed E-state index contributed by atoms with van der Waals surface area (Å²) in [6.45, 7) is 0.660. The third-order valence-electron chi connectivity index (χ3n) is 4.12. The van der Waals surface area contributed by atoms with E-state index in [0.717, 1.165) is 11.1 Å². The highest BCUT2D eigenvalue weighted by Gasteiger charge is 2.09. The number of rotatable bonds is 8. The van der Waals surface area contributed by atoms with Gasteiger partial charge in [0.25, 0.3) is 5.91 Å². The van der Waals surface area contributed by atoms with Crippen LogP contribution >= 0.6 is 24.0 Å². The van der Waals surface area contributed by atoms with Crippen LogP contribution in [0.3, 0.4) is 0 Å². The van der Waals surface area contributed by atoms with Gasteiger partial charge in [0.1, 0.15) is 5.75 Å². The minimum absolute atomic E-state index is 0. The summed E-state index contributed by atoms with van der Waals surface area (Å²) in [5.74, 6) is 0.692. The number of guanidine groups is 1. The van der Waals surface area contributed by atoms with E-state index in [1.807, 2.05) is 37.1 Å². The zero-order chi connectivity index (χ0) is 21.2. The number of halogens is 3. The van der Waals surface area contributed by atoms with Gasteiger partial charge in [-0.1, -0.05) is 24.3 Å². The van der Waals surface area contributed by atoms with Gasteiger partial charge in [0, 0.05) is 39.3 Å². The molecule has 0 spiro atoms. The molecule has 0 aliphatic rings. The first kappa shape index (κ1) is 25.6. The number of hydrogen-bond acceptors (Lipinski definition) is 3. The summed E-state index contributed by atoms with van der Waals surface area (Å²) in [5.41, 5.74) is 2.49.